The van der Waals surface area contributed by atoms with Crippen LogP contribution in [-0.2, 0) is 40.6 Å². The summed E-state index contributed by atoms with van der Waals surface area (Å²) in [6.07, 6.45) is 5.42. The Hall–Kier alpha value is -2.74. The van der Waals surface area contributed by atoms with E-state index in [1.807, 2.05) is 30.3 Å². The van der Waals surface area contributed by atoms with Crippen molar-refractivity contribution in [3.63, 3.8) is 0 Å². The van der Waals surface area contributed by atoms with Crippen LogP contribution in [0.3, 0.4) is 0 Å². The van der Waals surface area contributed by atoms with E-state index < -0.39 is 16.0 Å². The summed E-state index contributed by atoms with van der Waals surface area (Å²) in [5, 5.41) is 9.42. The molecule has 0 fully saturated rings. The summed E-state index contributed by atoms with van der Waals surface area (Å²) in [6, 6.07) is 15.5. The van der Waals surface area contributed by atoms with Crippen LogP contribution in [0.2, 0.25) is 5.02 Å². The standard InChI is InChI=1S/C23H23ClN2O4S/c24-21-8-10-22(11-9-21)31(29,30)26-16-20-7-3-17(5-12-23(27)28)14-19(20)6-4-18-2-1-13-25-15-18/h1-3,7-11,13-15,26H,4-6,12,16H2,(H,27,28). The first-order valence-electron chi connectivity index (χ1n) is 9.80. The number of halogens is 1. The molecule has 31 heavy (non-hydrogen) atoms. The minimum atomic E-state index is -3.69. The topological polar surface area (TPSA) is 96.4 Å². The molecule has 0 radical (unpaired) electrons. The molecule has 0 bridgehead atoms. The highest BCUT2D eigenvalue weighted by Crippen LogP contribution is 2.19. The van der Waals surface area contributed by atoms with Crippen molar-refractivity contribution in [3.05, 3.63) is 94.3 Å². The third-order valence-electron chi connectivity index (χ3n) is 4.88. The first-order valence-corrected chi connectivity index (χ1v) is 11.7. The fraction of sp³-hybridized carbons (Fsp3) is 0.217. The van der Waals surface area contributed by atoms with Crippen molar-refractivity contribution >= 4 is 27.6 Å². The van der Waals surface area contributed by atoms with Crippen molar-refractivity contribution in [3.8, 4) is 0 Å². The number of sulfonamides is 1. The summed E-state index contributed by atoms with van der Waals surface area (Å²) in [6.45, 7) is 0.131. The zero-order chi connectivity index (χ0) is 22.3. The summed E-state index contributed by atoms with van der Waals surface area (Å²) in [4.78, 5) is 15.2. The molecular weight excluding hydrogens is 436 g/mol. The molecule has 1 aromatic heterocycles. The summed E-state index contributed by atoms with van der Waals surface area (Å²) in [7, 11) is -3.69. The molecule has 2 N–H and O–H groups in total. The molecular formula is C23H23ClN2O4S. The highest BCUT2D eigenvalue weighted by Gasteiger charge is 2.15. The van der Waals surface area contributed by atoms with Gasteiger partial charge in [0.1, 0.15) is 0 Å². The van der Waals surface area contributed by atoms with E-state index in [0.29, 0.717) is 17.9 Å². The number of carboxylic acid groups (broad SMARTS) is 1. The Morgan fingerprint density at radius 2 is 1.74 bits per heavy atom. The minimum absolute atomic E-state index is 0.0462. The number of aryl methyl sites for hydroxylation is 3. The van der Waals surface area contributed by atoms with Crippen LogP contribution in [-0.4, -0.2) is 24.5 Å². The number of aromatic nitrogens is 1. The molecule has 0 saturated carbocycles. The van der Waals surface area contributed by atoms with Gasteiger partial charge in [-0.1, -0.05) is 35.9 Å². The van der Waals surface area contributed by atoms with Gasteiger partial charge >= 0.3 is 5.97 Å². The highest BCUT2D eigenvalue weighted by atomic mass is 35.5. The van der Waals surface area contributed by atoms with E-state index in [2.05, 4.69) is 9.71 Å². The van der Waals surface area contributed by atoms with Crippen molar-refractivity contribution in [2.24, 2.45) is 0 Å². The zero-order valence-corrected chi connectivity index (χ0v) is 18.4. The number of carbonyl (C=O) groups is 1. The van der Waals surface area contributed by atoms with Gasteiger partial charge in [0.2, 0.25) is 10.0 Å². The van der Waals surface area contributed by atoms with Crippen LogP contribution in [0.4, 0.5) is 0 Å². The summed E-state index contributed by atoms with van der Waals surface area (Å²) >= 11 is 5.84. The molecule has 3 aromatic rings. The molecule has 0 aliphatic rings. The summed E-state index contributed by atoms with van der Waals surface area (Å²) in [5.41, 5.74) is 3.81. The van der Waals surface area contributed by atoms with E-state index >= 15 is 0 Å². The van der Waals surface area contributed by atoms with E-state index in [4.69, 9.17) is 16.7 Å². The number of pyridine rings is 1. The van der Waals surface area contributed by atoms with Crippen LogP contribution < -0.4 is 4.72 Å². The van der Waals surface area contributed by atoms with Crippen molar-refractivity contribution in [1.29, 1.82) is 0 Å². The van der Waals surface area contributed by atoms with Crippen LogP contribution in [0.25, 0.3) is 0 Å². The molecule has 0 unspecified atom stereocenters. The van der Waals surface area contributed by atoms with Gasteiger partial charge in [-0.2, -0.15) is 0 Å². The molecule has 3 rings (SSSR count). The number of nitrogens with one attached hydrogen (secondary N) is 1. The molecule has 162 valence electrons. The lowest BCUT2D eigenvalue weighted by atomic mass is 9.96. The Balaban J connectivity index is 1.78. The van der Waals surface area contributed by atoms with Gasteiger partial charge < -0.3 is 5.11 Å². The average molecular weight is 459 g/mol. The first-order chi connectivity index (χ1) is 14.8. The molecule has 0 aliphatic heterocycles. The molecule has 0 spiro atoms. The maximum atomic E-state index is 12.6. The van der Waals surface area contributed by atoms with E-state index in [9.17, 15) is 13.2 Å². The van der Waals surface area contributed by atoms with Crippen LogP contribution in [0.5, 0.6) is 0 Å². The number of benzene rings is 2. The average Bonchev–Trinajstić information content (AvgIpc) is 2.76. The van der Waals surface area contributed by atoms with Gasteiger partial charge in [-0.15, -0.1) is 0 Å². The Bertz CT molecular complexity index is 1130. The van der Waals surface area contributed by atoms with Crippen molar-refractivity contribution in [2.75, 3.05) is 0 Å². The maximum absolute atomic E-state index is 12.6. The number of carboxylic acids is 1. The van der Waals surface area contributed by atoms with Gasteiger partial charge in [0.25, 0.3) is 0 Å². The molecule has 0 atom stereocenters. The van der Waals surface area contributed by atoms with Crippen LogP contribution >= 0.6 is 11.6 Å². The Morgan fingerprint density at radius 3 is 2.42 bits per heavy atom. The highest BCUT2D eigenvalue weighted by molar-refractivity contribution is 7.89. The summed E-state index contributed by atoms with van der Waals surface area (Å²) < 4.78 is 27.9. The van der Waals surface area contributed by atoms with Crippen molar-refractivity contribution in [2.45, 2.75) is 37.1 Å². The lowest BCUT2D eigenvalue weighted by Gasteiger charge is -2.13. The monoisotopic (exact) mass is 458 g/mol. The minimum Gasteiger partial charge on any atom is -0.481 e. The van der Waals surface area contributed by atoms with E-state index in [1.165, 1.54) is 24.3 Å². The predicted octanol–water partition coefficient (Wildman–Crippen LogP) is 4.02. The third-order valence-corrected chi connectivity index (χ3v) is 6.55. The molecule has 8 heteroatoms. The molecule has 1 heterocycles. The smallest absolute Gasteiger partial charge is 0.303 e. The van der Waals surface area contributed by atoms with Gasteiger partial charge in [0, 0.05) is 30.4 Å². The third kappa shape index (κ3) is 6.89. The molecule has 0 saturated heterocycles. The van der Waals surface area contributed by atoms with Crippen LogP contribution in [0, 0.1) is 0 Å². The van der Waals surface area contributed by atoms with E-state index in [0.717, 1.165) is 28.7 Å². The lowest BCUT2D eigenvalue weighted by Crippen LogP contribution is -2.24. The zero-order valence-electron chi connectivity index (χ0n) is 16.8. The van der Waals surface area contributed by atoms with Crippen LogP contribution in [0.1, 0.15) is 28.7 Å². The second kappa shape index (κ2) is 10.5. The lowest BCUT2D eigenvalue weighted by molar-refractivity contribution is -0.136. The van der Waals surface area contributed by atoms with Crippen LogP contribution in [0.15, 0.2) is 71.9 Å². The fourth-order valence-corrected chi connectivity index (χ4v) is 4.32. The normalized spacial score (nSPS) is 11.4. The Labute approximate surface area is 187 Å². The number of hydrogen-bond acceptors (Lipinski definition) is 4. The largest absolute Gasteiger partial charge is 0.481 e. The molecule has 6 nitrogen and oxygen atoms in total. The van der Waals surface area contributed by atoms with Gasteiger partial charge in [-0.3, -0.25) is 9.78 Å². The van der Waals surface area contributed by atoms with Gasteiger partial charge in [-0.05, 0) is 71.8 Å². The Kier molecular flexibility index (Phi) is 7.79. The van der Waals surface area contributed by atoms with E-state index in [1.54, 1.807) is 12.4 Å². The number of rotatable bonds is 10. The molecule has 2 aromatic carbocycles. The quantitative estimate of drug-likeness (QED) is 0.478. The summed E-state index contributed by atoms with van der Waals surface area (Å²) in [5.74, 6) is -0.850. The van der Waals surface area contributed by atoms with E-state index in [-0.39, 0.29) is 17.9 Å². The van der Waals surface area contributed by atoms with Crippen molar-refractivity contribution in [1.82, 2.24) is 9.71 Å². The van der Waals surface area contributed by atoms with Gasteiger partial charge in [-0.25, -0.2) is 13.1 Å². The van der Waals surface area contributed by atoms with Gasteiger partial charge in [0.05, 0.1) is 4.90 Å². The second-order valence-electron chi connectivity index (χ2n) is 7.14. The second-order valence-corrected chi connectivity index (χ2v) is 9.34. The fourth-order valence-electron chi connectivity index (χ4n) is 3.19. The number of aliphatic carboxylic acids is 1. The molecule has 0 amide bonds. The number of hydrogen-bond donors (Lipinski definition) is 2. The Morgan fingerprint density at radius 1 is 0.968 bits per heavy atom. The van der Waals surface area contributed by atoms with Gasteiger partial charge in [0.15, 0.2) is 0 Å². The van der Waals surface area contributed by atoms with Crippen molar-refractivity contribution < 1.29 is 18.3 Å². The SMILES string of the molecule is O=C(O)CCc1ccc(CNS(=O)(=O)c2ccc(Cl)cc2)c(CCc2cccnc2)c1. The maximum Gasteiger partial charge on any atom is 0.303 e. The molecule has 0 aliphatic carbocycles. The number of nitrogens with zero attached hydrogens (tertiary/aromatic N) is 1. The predicted molar refractivity (Wildman–Crippen MR) is 120 cm³/mol. The first kappa shape index (κ1) is 22.9.